The highest BCUT2D eigenvalue weighted by Crippen LogP contribution is 2.24. The summed E-state index contributed by atoms with van der Waals surface area (Å²) in [5.74, 6) is 0. The molecule has 1 rings (SSSR count). The SMILES string of the molecule is N#Cc1ccc(Cl)c([C@H](N)CCO)c1. The lowest BCUT2D eigenvalue weighted by Crippen LogP contribution is -2.12. The second-order valence-electron chi connectivity index (χ2n) is 2.97. The largest absolute Gasteiger partial charge is 0.396 e. The zero-order valence-corrected chi connectivity index (χ0v) is 8.33. The molecule has 0 amide bonds. The van der Waals surface area contributed by atoms with Crippen molar-refractivity contribution in [2.45, 2.75) is 12.5 Å². The number of aliphatic hydroxyl groups is 1. The molecular weight excluding hydrogens is 200 g/mol. The number of halogens is 1. The minimum absolute atomic E-state index is 0.00821. The van der Waals surface area contributed by atoms with Crippen molar-refractivity contribution in [3.63, 3.8) is 0 Å². The molecule has 14 heavy (non-hydrogen) atoms. The zero-order chi connectivity index (χ0) is 10.6. The van der Waals surface area contributed by atoms with Gasteiger partial charge in [0.25, 0.3) is 0 Å². The third-order valence-corrected chi connectivity index (χ3v) is 2.31. The number of nitriles is 1. The first-order valence-electron chi connectivity index (χ1n) is 4.25. The Morgan fingerprint density at radius 2 is 2.29 bits per heavy atom. The molecular formula is C10H11ClN2O. The Balaban J connectivity index is 3.01. The fourth-order valence-electron chi connectivity index (χ4n) is 1.19. The number of hydrogen-bond acceptors (Lipinski definition) is 3. The van der Waals surface area contributed by atoms with Gasteiger partial charge in [0.1, 0.15) is 0 Å². The molecule has 3 N–H and O–H groups in total. The van der Waals surface area contributed by atoms with E-state index in [2.05, 4.69) is 0 Å². The molecule has 3 nitrogen and oxygen atoms in total. The van der Waals surface area contributed by atoms with Crippen LogP contribution >= 0.6 is 11.6 Å². The fourth-order valence-corrected chi connectivity index (χ4v) is 1.45. The fraction of sp³-hybridized carbons (Fsp3) is 0.300. The van der Waals surface area contributed by atoms with E-state index in [9.17, 15) is 0 Å². The second-order valence-corrected chi connectivity index (χ2v) is 3.37. The lowest BCUT2D eigenvalue weighted by molar-refractivity contribution is 0.276. The van der Waals surface area contributed by atoms with Crippen molar-refractivity contribution in [3.8, 4) is 6.07 Å². The summed E-state index contributed by atoms with van der Waals surface area (Å²) in [5.41, 5.74) is 7.01. The number of nitrogens with two attached hydrogens (primary N) is 1. The number of benzene rings is 1. The van der Waals surface area contributed by atoms with Gasteiger partial charge in [-0.05, 0) is 30.2 Å². The van der Waals surface area contributed by atoms with Crippen molar-refractivity contribution < 1.29 is 5.11 Å². The first-order valence-corrected chi connectivity index (χ1v) is 4.63. The summed E-state index contributed by atoms with van der Waals surface area (Å²) < 4.78 is 0. The Bertz CT molecular complexity index is 360. The first-order chi connectivity index (χ1) is 6.69. The van der Waals surface area contributed by atoms with Crippen LogP contribution in [-0.4, -0.2) is 11.7 Å². The van der Waals surface area contributed by atoms with Gasteiger partial charge in [-0.3, -0.25) is 0 Å². The van der Waals surface area contributed by atoms with Gasteiger partial charge in [0.05, 0.1) is 11.6 Å². The second kappa shape index (κ2) is 4.97. The molecule has 0 fully saturated rings. The van der Waals surface area contributed by atoms with Gasteiger partial charge in [-0.25, -0.2) is 0 Å². The molecule has 0 aromatic heterocycles. The maximum Gasteiger partial charge on any atom is 0.0991 e. The number of nitrogens with zero attached hydrogens (tertiary/aromatic N) is 1. The maximum absolute atomic E-state index is 8.73. The van der Waals surface area contributed by atoms with Gasteiger partial charge in [-0.2, -0.15) is 5.26 Å². The molecule has 0 saturated carbocycles. The topological polar surface area (TPSA) is 70.0 Å². The van der Waals surface area contributed by atoms with Gasteiger partial charge >= 0.3 is 0 Å². The van der Waals surface area contributed by atoms with E-state index in [1.54, 1.807) is 18.2 Å². The van der Waals surface area contributed by atoms with Gasteiger partial charge in [0, 0.05) is 17.7 Å². The first kappa shape index (κ1) is 11.0. The van der Waals surface area contributed by atoms with E-state index >= 15 is 0 Å². The van der Waals surface area contributed by atoms with Gasteiger partial charge in [-0.15, -0.1) is 0 Å². The molecule has 74 valence electrons. The molecule has 0 aliphatic rings. The monoisotopic (exact) mass is 210 g/mol. The van der Waals surface area contributed by atoms with Crippen molar-refractivity contribution in [1.29, 1.82) is 5.26 Å². The van der Waals surface area contributed by atoms with Crippen molar-refractivity contribution >= 4 is 11.6 Å². The van der Waals surface area contributed by atoms with E-state index in [1.165, 1.54) is 0 Å². The number of rotatable bonds is 3. The zero-order valence-electron chi connectivity index (χ0n) is 7.57. The predicted octanol–water partition coefficient (Wildman–Crippen LogP) is 1.59. The maximum atomic E-state index is 8.73. The van der Waals surface area contributed by atoms with Crippen LogP contribution in [-0.2, 0) is 0 Å². The van der Waals surface area contributed by atoms with Crippen LogP contribution in [0.15, 0.2) is 18.2 Å². The standard InChI is InChI=1S/C10H11ClN2O/c11-9-2-1-7(6-12)5-8(9)10(13)3-4-14/h1-2,5,10,14H,3-4,13H2/t10-/m1/s1. The average Bonchev–Trinajstić information content (AvgIpc) is 2.19. The molecule has 0 radical (unpaired) electrons. The van der Waals surface area contributed by atoms with Crippen molar-refractivity contribution in [3.05, 3.63) is 34.3 Å². The smallest absolute Gasteiger partial charge is 0.0991 e. The lowest BCUT2D eigenvalue weighted by atomic mass is 10.0. The third-order valence-electron chi connectivity index (χ3n) is 1.96. The van der Waals surface area contributed by atoms with E-state index in [-0.39, 0.29) is 12.6 Å². The molecule has 0 aliphatic carbocycles. The Morgan fingerprint density at radius 3 is 2.86 bits per heavy atom. The molecule has 0 bridgehead atoms. The summed E-state index contributed by atoms with van der Waals surface area (Å²) >= 11 is 5.91. The highest BCUT2D eigenvalue weighted by atomic mass is 35.5. The normalized spacial score (nSPS) is 12.1. The highest BCUT2D eigenvalue weighted by Gasteiger charge is 2.10. The molecule has 0 spiro atoms. The Labute approximate surface area is 87.7 Å². The summed E-state index contributed by atoms with van der Waals surface area (Å²) in [4.78, 5) is 0. The van der Waals surface area contributed by atoms with Gasteiger partial charge in [-0.1, -0.05) is 11.6 Å². The third kappa shape index (κ3) is 2.46. The van der Waals surface area contributed by atoms with Crippen molar-refractivity contribution in [2.24, 2.45) is 5.73 Å². The quantitative estimate of drug-likeness (QED) is 0.796. The highest BCUT2D eigenvalue weighted by molar-refractivity contribution is 6.31. The molecule has 1 atom stereocenters. The van der Waals surface area contributed by atoms with Gasteiger partial charge in [0.15, 0.2) is 0 Å². The Morgan fingerprint density at radius 1 is 1.57 bits per heavy atom. The van der Waals surface area contributed by atoms with Crippen LogP contribution in [0, 0.1) is 11.3 Å². The molecule has 1 aromatic rings. The molecule has 0 aliphatic heterocycles. The van der Waals surface area contributed by atoms with Crippen LogP contribution in [0.25, 0.3) is 0 Å². The van der Waals surface area contributed by atoms with Crippen molar-refractivity contribution in [1.82, 2.24) is 0 Å². The lowest BCUT2D eigenvalue weighted by Gasteiger charge is -2.12. The molecule has 4 heteroatoms. The molecule has 1 aromatic carbocycles. The summed E-state index contributed by atoms with van der Waals surface area (Å²) in [6, 6.07) is 6.63. The van der Waals surface area contributed by atoms with E-state index in [0.717, 1.165) is 0 Å². The van der Waals surface area contributed by atoms with Gasteiger partial charge in [0.2, 0.25) is 0 Å². The molecule has 0 heterocycles. The summed E-state index contributed by atoms with van der Waals surface area (Å²) in [7, 11) is 0. The van der Waals surface area contributed by atoms with E-state index < -0.39 is 0 Å². The minimum atomic E-state index is -0.319. The molecule has 0 saturated heterocycles. The van der Waals surface area contributed by atoms with Crippen LogP contribution in [0.1, 0.15) is 23.6 Å². The van der Waals surface area contributed by atoms with E-state index in [1.807, 2.05) is 6.07 Å². The molecule has 0 unspecified atom stereocenters. The van der Waals surface area contributed by atoms with Crippen molar-refractivity contribution in [2.75, 3.05) is 6.61 Å². The Kier molecular flexibility index (Phi) is 3.90. The van der Waals surface area contributed by atoms with E-state index in [4.69, 9.17) is 27.7 Å². The van der Waals surface area contributed by atoms with Crippen LogP contribution in [0.3, 0.4) is 0 Å². The van der Waals surface area contributed by atoms with E-state index in [0.29, 0.717) is 22.6 Å². The summed E-state index contributed by atoms with van der Waals surface area (Å²) in [5, 5.41) is 17.9. The van der Waals surface area contributed by atoms with Crippen LogP contribution in [0.5, 0.6) is 0 Å². The Hall–Kier alpha value is -1.08. The van der Waals surface area contributed by atoms with Crippen LogP contribution < -0.4 is 5.73 Å². The van der Waals surface area contributed by atoms with Gasteiger partial charge < -0.3 is 10.8 Å². The average molecular weight is 211 g/mol. The predicted molar refractivity (Wildman–Crippen MR) is 54.8 cm³/mol. The van der Waals surface area contributed by atoms with Crippen LogP contribution in [0.2, 0.25) is 5.02 Å². The number of hydrogen-bond donors (Lipinski definition) is 2. The minimum Gasteiger partial charge on any atom is -0.396 e. The summed E-state index contributed by atoms with van der Waals surface area (Å²) in [6.45, 7) is 0.00821. The summed E-state index contributed by atoms with van der Waals surface area (Å²) in [6.07, 6.45) is 0.439. The van der Waals surface area contributed by atoms with Crippen LogP contribution in [0.4, 0.5) is 0 Å². The number of aliphatic hydroxyl groups excluding tert-OH is 1.